The minimum absolute atomic E-state index is 0.0992. The highest BCUT2D eigenvalue weighted by Crippen LogP contribution is 2.30. The molecule has 0 fully saturated rings. The van der Waals surface area contributed by atoms with Gasteiger partial charge in [0.2, 0.25) is 5.91 Å². The largest absolute Gasteiger partial charge is 0.493 e. The Balaban J connectivity index is 1.82. The first-order chi connectivity index (χ1) is 11.7. The monoisotopic (exact) mass is 333 g/mol. The summed E-state index contributed by atoms with van der Waals surface area (Å²) >= 11 is 0. The molecule has 0 spiro atoms. The van der Waals surface area contributed by atoms with E-state index in [2.05, 4.69) is 5.32 Å². The van der Waals surface area contributed by atoms with Gasteiger partial charge in [-0.2, -0.15) is 0 Å². The van der Waals surface area contributed by atoms with Crippen molar-refractivity contribution in [2.45, 2.75) is 13.0 Å². The van der Waals surface area contributed by atoms with Crippen LogP contribution >= 0.6 is 0 Å². The van der Waals surface area contributed by atoms with E-state index < -0.39 is 5.82 Å². The van der Waals surface area contributed by atoms with Gasteiger partial charge in [0.25, 0.3) is 0 Å². The average Bonchev–Trinajstić information content (AvgIpc) is 2.61. The van der Waals surface area contributed by atoms with Gasteiger partial charge in [0, 0.05) is 12.1 Å². The number of hydrogen-bond donors (Lipinski definition) is 1. The van der Waals surface area contributed by atoms with E-state index in [1.807, 2.05) is 12.1 Å². The zero-order chi connectivity index (χ0) is 17.4. The Morgan fingerprint density at radius 2 is 1.79 bits per heavy atom. The highest BCUT2D eigenvalue weighted by atomic mass is 19.1. The van der Waals surface area contributed by atoms with Gasteiger partial charge in [0.15, 0.2) is 23.1 Å². The Bertz CT molecular complexity index is 690. The SMILES string of the molecule is COc1cccc(CNC(=O)CCOc2ccccc2F)c1OC. The molecule has 6 heteroatoms. The molecule has 0 atom stereocenters. The number of nitrogens with one attached hydrogen (secondary N) is 1. The topological polar surface area (TPSA) is 56.8 Å². The first-order valence-corrected chi connectivity index (χ1v) is 7.49. The number of carbonyl (C=O) groups is 1. The number of carbonyl (C=O) groups excluding carboxylic acids is 1. The molecule has 1 amide bonds. The summed E-state index contributed by atoms with van der Waals surface area (Å²) in [5.74, 6) is 0.685. The van der Waals surface area contributed by atoms with Crippen molar-refractivity contribution in [3.63, 3.8) is 0 Å². The normalized spacial score (nSPS) is 10.1. The Morgan fingerprint density at radius 1 is 1.04 bits per heavy atom. The van der Waals surface area contributed by atoms with E-state index in [4.69, 9.17) is 14.2 Å². The summed E-state index contributed by atoms with van der Waals surface area (Å²) < 4.78 is 29.2. The maximum atomic E-state index is 13.4. The van der Waals surface area contributed by atoms with Crippen LogP contribution in [-0.2, 0) is 11.3 Å². The third-order valence-corrected chi connectivity index (χ3v) is 3.38. The number of ether oxygens (including phenoxy) is 3. The van der Waals surface area contributed by atoms with E-state index in [9.17, 15) is 9.18 Å². The first-order valence-electron chi connectivity index (χ1n) is 7.49. The molecule has 2 aromatic carbocycles. The standard InChI is InChI=1S/C18H20FNO4/c1-22-16-9-5-6-13(18(16)23-2)12-20-17(21)10-11-24-15-8-4-3-7-14(15)19/h3-9H,10-12H2,1-2H3,(H,20,21). The van der Waals surface area contributed by atoms with E-state index in [1.54, 1.807) is 32.4 Å². The summed E-state index contributed by atoms with van der Waals surface area (Å²) in [5, 5.41) is 2.78. The second-order valence-electron chi connectivity index (χ2n) is 4.96. The fourth-order valence-electron chi connectivity index (χ4n) is 2.19. The lowest BCUT2D eigenvalue weighted by Crippen LogP contribution is -2.24. The number of hydrogen-bond acceptors (Lipinski definition) is 4. The molecule has 0 heterocycles. The molecular weight excluding hydrogens is 313 g/mol. The molecule has 24 heavy (non-hydrogen) atoms. The zero-order valence-electron chi connectivity index (χ0n) is 13.7. The van der Waals surface area contributed by atoms with Crippen LogP contribution in [0.25, 0.3) is 0 Å². The van der Waals surface area contributed by atoms with E-state index in [-0.39, 0.29) is 24.7 Å². The third kappa shape index (κ3) is 4.62. The van der Waals surface area contributed by atoms with Gasteiger partial charge >= 0.3 is 0 Å². The van der Waals surface area contributed by atoms with Crippen LogP contribution in [0, 0.1) is 5.82 Å². The molecule has 0 aliphatic rings. The van der Waals surface area contributed by atoms with Crippen LogP contribution in [0.3, 0.4) is 0 Å². The van der Waals surface area contributed by atoms with Crippen molar-refractivity contribution in [3.05, 3.63) is 53.8 Å². The number of rotatable bonds is 8. The number of amides is 1. The van der Waals surface area contributed by atoms with Gasteiger partial charge in [-0.05, 0) is 18.2 Å². The predicted molar refractivity (Wildman–Crippen MR) is 87.9 cm³/mol. The predicted octanol–water partition coefficient (Wildman–Crippen LogP) is 2.93. The fourth-order valence-corrected chi connectivity index (χ4v) is 2.19. The van der Waals surface area contributed by atoms with Gasteiger partial charge in [-0.1, -0.05) is 24.3 Å². The molecule has 0 radical (unpaired) electrons. The molecule has 0 aliphatic carbocycles. The Hall–Kier alpha value is -2.76. The Labute approximate surface area is 140 Å². The van der Waals surface area contributed by atoms with Gasteiger partial charge in [0.05, 0.1) is 27.2 Å². The van der Waals surface area contributed by atoms with Crippen molar-refractivity contribution < 1.29 is 23.4 Å². The van der Waals surface area contributed by atoms with Crippen molar-refractivity contribution in [3.8, 4) is 17.2 Å². The Morgan fingerprint density at radius 3 is 2.50 bits per heavy atom. The highest BCUT2D eigenvalue weighted by Gasteiger charge is 2.11. The van der Waals surface area contributed by atoms with E-state index in [1.165, 1.54) is 12.1 Å². The lowest BCUT2D eigenvalue weighted by molar-refractivity contribution is -0.121. The molecule has 1 N–H and O–H groups in total. The summed E-state index contributed by atoms with van der Waals surface area (Å²) in [6, 6.07) is 11.5. The molecule has 0 saturated carbocycles. The van der Waals surface area contributed by atoms with Crippen molar-refractivity contribution in [2.75, 3.05) is 20.8 Å². The van der Waals surface area contributed by atoms with Crippen LogP contribution in [0.1, 0.15) is 12.0 Å². The lowest BCUT2D eigenvalue weighted by Gasteiger charge is -2.13. The van der Waals surface area contributed by atoms with Crippen molar-refractivity contribution in [2.24, 2.45) is 0 Å². The summed E-state index contributed by atoms with van der Waals surface area (Å²) in [5.41, 5.74) is 0.806. The first kappa shape index (κ1) is 17.6. The molecule has 0 unspecified atom stereocenters. The van der Waals surface area contributed by atoms with Crippen LogP contribution in [0.2, 0.25) is 0 Å². The molecule has 0 aliphatic heterocycles. The van der Waals surface area contributed by atoms with Crippen LogP contribution in [-0.4, -0.2) is 26.7 Å². The van der Waals surface area contributed by atoms with Crippen molar-refractivity contribution in [1.29, 1.82) is 0 Å². The molecule has 5 nitrogen and oxygen atoms in total. The molecular formula is C18H20FNO4. The van der Waals surface area contributed by atoms with E-state index in [0.717, 1.165) is 5.56 Å². The second kappa shape index (κ2) is 8.76. The number of para-hydroxylation sites is 2. The molecule has 128 valence electrons. The van der Waals surface area contributed by atoms with Crippen LogP contribution in [0.5, 0.6) is 17.2 Å². The van der Waals surface area contributed by atoms with Gasteiger partial charge in [0.1, 0.15) is 0 Å². The molecule has 0 bridgehead atoms. The van der Waals surface area contributed by atoms with Crippen LogP contribution in [0.4, 0.5) is 4.39 Å². The summed E-state index contributed by atoms with van der Waals surface area (Å²) in [7, 11) is 3.10. The Kier molecular flexibility index (Phi) is 6.42. The van der Waals surface area contributed by atoms with Crippen LogP contribution < -0.4 is 19.5 Å². The fraction of sp³-hybridized carbons (Fsp3) is 0.278. The van der Waals surface area contributed by atoms with Crippen molar-refractivity contribution >= 4 is 5.91 Å². The zero-order valence-corrected chi connectivity index (χ0v) is 13.7. The quantitative estimate of drug-likeness (QED) is 0.807. The van der Waals surface area contributed by atoms with Gasteiger partial charge in [-0.25, -0.2) is 4.39 Å². The van der Waals surface area contributed by atoms with Crippen LogP contribution in [0.15, 0.2) is 42.5 Å². The summed E-state index contributed by atoms with van der Waals surface area (Å²) in [6.07, 6.45) is 0.126. The molecule has 0 aromatic heterocycles. The average molecular weight is 333 g/mol. The third-order valence-electron chi connectivity index (χ3n) is 3.38. The van der Waals surface area contributed by atoms with Gasteiger partial charge in [-0.3, -0.25) is 4.79 Å². The van der Waals surface area contributed by atoms with E-state index >= 15 is 0 Å². The smallest absolute Gasteiger partial charge is 0.223 e. The number of methoxy groups -OCH3 is 2. The van der Waals surface area contributed by atoms with Gasteiger partial charge in [-0.15, -0.1) is 0 Å². The molecule has 2 aromatic rings. The highest BCUT2D eigenvalue weighted by molar-refractivity contribution is 5.76. The van der Waals surface area contributed by atoms with E-state index in [0.29, 0.717) is 18.0 Å². The second-order valence-corrected chi connectivity index (χ2v) is 4.96. The minimum Gasteiger partial charge on any atom is -0.493 e. The maximum absolute atomic E-state index is 13.4. The lowest BCUT2D eigenvalue weighted by atomic mass is 10.2. The van der Waals surface area contributed by atoms with Gasteiger partial charge < -0.3 is 19.5 Å². The molecule has 0 saturated heterocycles. The number of benzene rings is 2. The maximum Gasteiger partial charge on any atom is 0.223 e. The molecule has 2 rings (SSSR count). The van der Waals surface area contributed by atoms with Crippen molar-refractivity contribution in [1.82, 2.24) is 5.32 Å². The number of halogens is 1. The summed E-state index contributed by atoms with van der Waals surface area (Å²) in [6.45, 7) is 0.404. The summed E-state index contributed by atoms with van der Waals surface area (Å²) in [4.78, 5) is 11.9. The minimum atomic E-state index is -0.445.